The Bertz CT molecular complexity index is 1410. The predicted octanol–water partition coefficient (Wildman–Crippen LogP) is 5.41. The molecule has 5 rings (SSSR count). The van der Waals surface area contributed by atoms with Gasteiger partial charge in [0, 0.05) is 29.0 Å². The second-order valence-corrected chi connectivity index (χ2v) is 10.6. The summed E-state index contributed by atoms with van der Waals surface area (Å²) in [6, 6.07) is 13.8. The van der Waals surface area contributed by atoms with Crippen molar-refractivity contribution in [3.05, 3.63) is 92.7 Å². The molecule has 0 unspecified atom stereocenters. The number of aromatic nitrogens is 2. The van der Waals surface area contributed by atoms with Gasteiger partial charge in [-0.2, -0.15) is 0 Å². The fraction of sp³-hybridized carbons (Fsp3) is 0.296. The lowest BCUT2D eigenvalue weighted by Crippen LogP contribution is -2.37. The van der Waals surface area contributed by atoms with Gasteiger partial charge in [-0.3, -0.25) is 9.59 Å². The van der Waals surface area contributed by atoms with Crippen LogP contribution >= 0.6 is 11.8 Å². The molecule has 0 bridgehead atoms. The highest BCUT2D eigenvalue weighted by atomic mass is 32.2. The van der Waals surface area contributed by atoms with Gasteiger partial charge >= 0.3 is 0 Å². The number of H-pyrrole nitrogens is 1. The number of ether oxygens (including phenoxy) is 1. The third-order valence-corrected chi connectivity index (χ3v) is 7.36. The number of methoxy groups -OCH3 is 1. The monoisotopic (exact) mass is 491 g/mol. The number of para-hydroxylation sites is 1. The van der Waals surface area contributed by atoms with E-state index >= 15 is 0 Å². The molecule has 2 aliphatic rings. The van der Waals surface area contributed by atoms with Crippen molar-refractivity contribution in [3.8, 4) is 5.75 Å². The van der Waals surface area contributed by atoms with Gasteiger partial charge in [0.2, 0.25) is 0 Å². The number of thioether (sulfide) groups is 1. The number of fused-ring (bicyclic) bond motifs is 1. The molecule has 0 amide bonds. The Morgan fingerprint density at radius 2 is 1.94 bits per heavy atom. The van der Waals surface area contributed by atoms with E-state index in [1.165, 1.54) is 23.9 Å². The number of hydrogen-bond donors (Lipinski definition) is 2. The molecule has 180 valence electrons. The zero-order valence-electron chi connectivity index (χ0n) is 19.8. The van der Waals surface area contributed by atoms with Crippen LogP contribution < -0.4 is 15.6 Å². The molecule has 0 fully saturated rings. The van der Waals surface area contributed by atoms with Gasteiger partial charge in [0.05, 0.1) is 18.6 Å². The maximum absolute atomic E-state index is 13.6. The second-order valence-electron chi connectivity index (χ2n) is 9.69. The minimum absolute atomic E-state index is 0.0225. The maximum atomic E-state index is 13.6. The average molecular weight is 492 g/mol. The lowest BCUT2D eigenvalue weighted by molar-refractivity contribution is -0.118. The molecule has 2 heterocycles. The van der Waals surface area contributed by atoms with Crippen LogP contribution in [0.15, 0.2) is 69.8 Å². The number of aromatic amines is 1. The Balaban J connectivity index is 1.61. The fourth-order valence-corrected chi connectivity index (χ4v) is 5.76. The largest absolute Gasteiger partial charge is 0.496 e. The summed E-state index contributed by atoms with van der Waals surface area (Å²) in [6.45, 7) is 4.13. The van der Waals surface area contributed by atoms with Crippen molar-refractivity contribution in [2.75, 3.05) is 12.4 Å². The van der Waals surface area contributed by atoms with Gasteiger partial charge in [-0.05, 0) is 35.6 Å². The molecular formula is C27H26FN3O3S. The van der Waals surface area contributed by atoms with Gasteiger partial charge in [0.1, 0.15) is 17.4 Å². The number of carbonyl (C=O) groups is 1. The Kier molecular flexibility index (Phi) is 6.01. The van der Waals surface area contributed by atoms with E-state index in [4.69, 9.17) is 9.72 Å². The van der Waals surface area contributed by atoms with Crippen molar-refractivity contribution >= 4 is 23.4 Å². The number of nitrogens with zero attached hydrogens (tertiary/aromatic N) is 1. The first kappa shape index (κ1) is 23.4. The minimum atomic E-state index is -0.584. The topological polar surface area (TPSA) is 84.1 Å². The number of carbonyl (C=O) groups excluding carboxylic acids is 1. The van der Waals surface area contributed by atoms with E-state index in [1.54, 1.807) is 13.2 Å². The molecule has 2 N–H and O–H groups in total. The van der Waals surface area contributed by atoms with Crippen LogP contribution in [0.2, 0.25) is 0 Å². The quantitative estimate of drug-likeness (QED) is 0.367. The zero-order valence-corrected chi connectivity index (χ0v) is 20.6. The number of anilines is 1. The van der Waals surface area contributed by atoms with E-state index in [2.05, 4.69) is 24.1 Å². The molecule has 0 saturated carbocycles. The summed E-state index contributed by atoms with van der Waals surface area (Å²) >= 11 is 1.32. The highest BCUT2D eigenvalue weighted by Gasteiger charge is 2.43. The van der Waals surface area contributed by atoms with Crippen molar-refractivity contribution in [1.82, 2.24) is 9.97 Å². The van der Waals surface area contributed by atoms with Crippen LogP contribution in [0.3, 0.4) is 0 Å². The normalized spacial score (nSPS) is 18.5. The van der Waals surface area contributed by atoms with Crippen LogP contribution in [0.25, 0.3) is 0 Å². The highest BCUT2D eigenvalue weighted by molar-refractivity contribution is 7.98. The second kappa shape index (κ2) is 9.00. The van der Waals surface area contributed by atoms with Crippen molar-refractivity contribution in [2.24, 2.45) is 5.41 Å². The molecule has 35 heavy (non-hydrogen) atoms. The SMILES string of the molecule is COc1ccccc1[C@H]1C2=C(CC(C)(C)CC2=O)Nc2nc(SCc3cccc(F)c3)[nH]c(=O)c21. The fourth-order valence-electron chi connectivity index (χ4n) is 4.96. The Hall–Kier alpha value is -3.39. The number of hydrogen-bond acceptors (Lipinski definition) is 6. The number of ketones is 1. The van der Waals surface area contributed by atoms with Crippen molar-refractivity contribution < 1.29 is 13.9 Å². The minimum Gasteiger partial charge on any atom is -0.496 e. The molecule has 8 heteroatoms. The zero-order chi connectivity index (χ0) is 24.7. The van der Waals surface area contributed by atoms with E-state index < -0.39 is 5.92 Å². The summed E-state index contributed by atoms with van der Waals surface area (Å²) < 4.78 is 19.2. The van der Waals surface area contributed by atoms with Gasteiger partial charge in [0.15, 0.2) is 10.9 Å². The predicted molar refractivity (Wildman–Crippen MR) is 134 cm³/mol. The van der Waals surface area contributed by atoms with Crippen LogP contribution in [-0.4, -0.2) is 22.9 Å². The third kappa shape index (κ3) is 4.50. The smallest absolute Gasteiger partial charge is 0.257 e. The number of allylic oxidation sites excluding steroid dienone is 2. The lowest BCUT2D eigenvalue weighted by Gasteiger charge is -2.38. The molecule has 2 aromatic carbocycles. The Labute approximate surface area is 207 Å². The summed E-state index contributed by atoms with van der Waals surface area (Å²) in [5.74, 6) is 0.637. The molecule has 1 aliphatic carbocycles. The summed E-state index contributed by atoms with van der Waals surface area (Å²) in [6.07, 6.45) is 1.07. The van der Waals surface area contributed by atoms with Crippen molar-refractivity contribution in [1.29, 1.82) is 0 Å². The molecule has 1 aromatic heterocycles. The van der Waals surface area contributed by atoms with Crippen LogP contribution in [0.1, 0.15) is 49.3 Å². The number of Topliss-reactive ketones (excluding diaryl/α,β-unsaturated/α-hetero) is 1. The number of rotatable bonds is 5. The van der Waals surface area contributed by atoms with Crippen molar-refractivity contribution in [3.63, 3.8) is 0 Å². The van der Waals surface area contributed by atoms with Crippen molar-refractivity contribution in [2.45, 2.75) is 43.5 Å². The molecule has 3 aromatic rings. The molecular weight excluding hydrogens is 465 g/mol. The van der Waals surface area contributed by atoms with Gasteiger partial charge in [0.25, 0.3) is 5.56 Å². The van der Waals surface area contributed by atoms with E-state index in [-0.39, 0.29) is 22.6 Å². The molecule has 1 atom stereocenters. The number of nitrogens with one attached hydrogen (secondary N) is 2. The van der Waals surface area contributed by atoms with Gasteiger partial charge < -0.3 is 15.0 Å². The van der Waals surface area contributed by atoms with Gasteiger partial charge in [-0.1, -0.05) is 55.9 Å². The Morgan fingerprint density at radius 3 is 2.71 bits per heavy atom. The standard InChI is InChI=1S/C27H26FN3O3S/c1-27(2)12-18-22(19(32)13-27)21(17-9-4-5-10-20(17)34-3)23-24(29-18)30-26(31-25(23)33)35-14-15-7-6-8-16(28)11-15/h4-11,21H,12-14H2,1-3H3,(H2,29,30,31,33)/t21-/m0/s1. The number of benzene rings is 2. The molecule has 0 spiro atoms. The van der Waals surface area contributed by atoms with Gasteiger partial charge in [-0.25, -0.2) is 9.37 Å². The first-order valence-corrected chi connectivity index (χ1v) is 12.4. The van der Waals surface area contributed by atoms with E-state index in [1.807, 2.05) is 30.3 Å². The molecule has 6 nitrogen and oxygen atoms in total. The Morgan fingerprint density at radius 1 is 1.14 bits per heavy atom. The van der Waals surface area contributed by atoms with Crippen LogP contribution in [0.5, 0.6) is 5.75 Å². The first-order chi connectivity index (χ1) is 16.8. The maximum Gasteiger partial charge on any atom is 0.257 e. The van der Waals surface area contributed by atoms with E-state index in [0.29, 0.717) is 46.5 Å². The van der Waals surface area contributed by atoms with E-state index in [9.17, 15) is 14.0 Å². The number of halogens is 1. The lowest BCUT2D eigenvalue weighted by atomic mass is 9.69. The molecule has 1 aliphatic heterocycles. The summed E-state index contributed by atoms with van der Waals surface area (Å²) in [5, 5.41) is 3.75. The van der Waals surface area contributed by atoms with E-state index in [0.717, 1.165) is 16.8 Å². The first-order valence-electron chi connectivity index (χ1n) is 11.4. The van der Waals surface area contributed by atoms with Gasteiger partial charge in [-0.15, -0.1) is 0 Å². The summed E-state index contributed by atoms with van der Waals surface area (Å²) in [5.41, 5.74) is 2.83. The molecule has 0 saturated heterocycles. The summed E-state index contributed by atoms with van der Waals surface area (Å²) in [7, 11) is 1.58. The molecule has 0 radical (unpaired) electrons. The highest BCUT2D eigenvalue weighted by Crippen LogP contribution is 2.49. The third-order valence-electron chi connectivity index (χ3n) is 6.41. The van der Waals surface area contributed by atoms with Crippen LogP contribution in [0.4, 0.5) is 10.2 Å². The average Bonchev–Trinajstić information content (AvgIpc) is 2.80. The van der Waals surface area contributed by atoms with Crippen LogP contribution in [-0.2, 0) is 10.5 Å². The summed E-state index contributed by atoms with van der Waals surface area (Å²) in [4.78, 5) is 34.4. The van der Waals surface area contributed by atoms with Crippen LogP contribution in [0, 0.1) is 11.2 Å².